The van der Waals surface area contributed by atoms with Crippen LogP contribution in [0.3, 0.4) is 0 Å². The number of hydrogen-bond donors (Lipinski definition) is 0. The number of benzene rings is 6. The molecular formula is C48H42N2Si. The average molecular weight is 675 g/mol. The van der Waals surface area contributed by atoms with Gasteiger partial charge in [0.05, 0.1) is 8.07 Å². The molecule has 3 heteroatoms. The molecule has 248 valence electrons. The molecule has 2 heterocycles. The largest absolute Gasteiger partial charge is 0.344 e. The summed E-state index contributed by atoms with van der Waals surface area (Å²) in [5, 5.41) is 5.29. The normalized spacial score (nSPS) is 17.1. The quantitative estimate of drug-likeness (QED) is 0.164. The van der Waals surface area contributed by atoms with Gasteiger partial charge in [-0.15, -0.1) is 0 Å². The molecule has 0 fully saturated rings. The Bertz CT molecular complexity index is 2640. The Balaban J connectivity index is 1.06. The summed E-state index contributed by atoms with van der Waals surface area (Å²) in [6.07, 6.45) is 5.03. The van der Waals surface area contributed by atoms with E-state index in [4.69, 9.17) is 0 Å². The SMILES string of the molecule is CC1=Cc2c(-c3ccc4c(c3)c3ccccc3n4C)cccc2C1[Si](C)(C)C1C(C)=Cc2c(-c3ccc4c(c3)c3ccccc3n4C)cccc21. The van der Waals surface area contributed by atoms with Crippen molar-refractivity contribution in [2.75, 3.05) is 0 Å². The Morgan fingerprint density at radius 1 is 0.451 bits per heavy atom. The van der Waals surface area contributed by atoms with Gasteiger partial charge in [-0.1, -0.05) is 121 Å². The third kappa shape index (κ3) is 4.22. The van der Waals surface area contributed by atoms with Crippen LogP contribution in [0, 0.1) is 0 Å². The summed E-state index contributed by atoms with van der Waals surface area (Å²) in [4.78, 5) is 0. The second-order valence-electron chi connectivity index (χ2n) is 15.7. The fraction of sp³-hybridized carbons (Fsp3) is 0.167. The first-order chi connectivity index (χ1) is 24.7. The molecule has 2 nitrogen and oxygen atoms in total. The van der Waals surface area contributed by atoms with Crippen LogP contribution in [-0.2, 0) is 14.1 Å². The van der Waals surface area contributed by atoms with E-state index in [2.05, 4.69) is 184 Å². The van der Waals surface area contributed by atoms with Crippen LogP contribution in [0.2, 0.25) is 13.1 Å². The molecule has 0 radical (unpaired) electrons. The molecule has 0 N–H and O–H groups in total. The van der Waals surface area contributed by atoms with Gasteiger partial charge in [0.25, 0.3) is 0 Å². The molecule has 6 aromatic carbocycles. The van der Waals surface area contributed by atoms with E-state index >= 15 is 0 Å². The highest BCUT2D eigenvalue weighted by atomic mass is 28.3. The average Bonchev–Trinajstić information content (AvgIpc) is 3.85. The topological polar surface area (TPSA) is 9.86 Å². The number of fused-ring (bicyclic) bond motifs is 8. The Morgan fingerprint density at radius 3 is 1.31 bits per heavy atom. The van der Waals surface area contributed by atoms with Crippen LogP contribution in [0.15, 0.2) is 132 Å². The van der Waals surface area contributed by atoms with Crippen LogP contribution in [0.25, 0.3) is 78.0 Å². The van der Waals surface area contributed by atoms with E-state index in [1.807, 2.05) is 0 Å². The fourth-order valence-electron chi connectivity index (χ4n) is 10.4. The number of nitrogens with zero attached hydrogens (tertiary/aromatic N) is 2. The lowest BCUT2D eigenvalue weighted by molar-refractivity contribution is 0.968. The molecule has 0 saturated heterocycles. The van der Waals surface area contributed by atoms with Crippen molar-refractivity contribution < 1.29 is 0 Å². The van der Waals surface area contributed by atoms with Gasteiger partial charge < -0.3 is 9.13 Å². The zero-order valence-corrected chi connectivity index (χ0v) is 31.3. The Labute approximate surface area is 301 Å². The minimum atomic E-state index is -2.01. The number of allylic oxidation sites excluding steroid dienone is 2. The summed E-state index contributed by atoms with van der Waals surface area (Å²) >= 11 is 0. The van der Waals surface area contributed by atoms with Gasteiger partial charge in [0.2, 0.25) is 0 Å². The van der Waals surface area contributed by atoms with Crippen LogP contribution in [0.4, 0.5) is 0 Å². The van der Waals surface area contributed by atoms with E-state index in [1.54, 1.807) is 0 Å². The van der Waals surface area contributed by atoms with E-state index in [0.29, 0.717) is 11.1 Å². The zero-order valence-electron chi connectivity index (χ0n) is 30.3. The molecule has 0 aliphatic heterocycles. The van der Waals surface area contributed by atoms with E-state index in [1.165, 1.54) is 99.3 Å². The van der Waals surface area contributed by atoms with Crippen molar-refractivity contribution in [3.05, 3.63) is 155 Å². The van der Waals surface area contributed by atoms with E-state index in [9.17, 15) is 0 Å². The van der Waals surface area contributed by atoms with Crippen molar-refractivity contribution in [1.82, 2.24) is 9.13 Å². The maximum atomic E-state index is 2.64. The molecule has 2 aliphatic carbocycles. The fourth-order valence-corrected chi connectivity index (χ4v) is 15.4. The minimum absolute atomic E-state index is 0.448. The molecule has 0 spiro atoms. The highest BCUT2D eigenvalue weighted by molar-refractivity contribution is 6.81. The maximum Gasteiger partial charge on any atom is 0.0722 e. The monoisotopic (exact) mass is 674 g/mol. The molecule has 51 heavy (non-hydrogen) atoms. The number of aromatic nitrogens is 2. The molecule has 10 rings (SSSR count). The summed E-state index contributed by atoms with van der Waals surface area (Å²) in [5.74, 6) is 0. The van der Waals surface area contributed by atoms with Crippen LogP contribution in [-0.4, -0.2) is 17.2 Å². The highest BCUT2D eigenvalue weighted by Gasteiger charge is 2.47. The Hall–Kier alpha value is -5.38. The van der Waals surface area contributed by atoms with Gasteiger partial charge in [-0.25, -0.2) is 0 Å². The lowest BCUT2D eigenvalue weighted by Gasteiger charge is -2.39. The first-order valence-corrected chi connectivity index (χ1v) is 21.4. The van der Waals surface area contributed by atoms with Crippen molar-refractivity contribution in [2.24, 2.45) is 14.1 Å². The van der Waals surface area contributed by atoms with Gasteiger partial charge >= 0.3 is 0 Å². The number of rotatable bonds is 4. The summed E-state index contributed by atoms with van der Waals surface area (Å²) in [5.41, 5.74) is 20.2. The van der Waals surface area contributed by atoms with Gasteiger partial charge in [0, 0.05) is 68.8 Å². The number of para-hydroxylation sites is 2. The lowest BCUT2D eigenvalue weighted by atomic mass is 9.95. The van der Waals surface area contributed by atoms with Gasteiger partial charge in [0.1, 0.15) is 0 Å². The van der Waals surface area contributed by atoms with Crippen LogP contribution < -0.4 is 0 Å². The first-order valence-electron chi connectivity index (χ1n) is 18.3. The second-order valence-corrected chi connectivity index (χ2v) is 20.5. The van der Waals surface area contributed by atoms with Gasteiger partial charge in [-0.05, 0) is 94.8 Å². The van der Waals surface area contributed by atoms with Crippen molar-refractivity contribution in [3.63, 3.8) is 0 Å². The van der Waals surface area contributed by atoms with Crippen LogP contribution in [0.5, 0.6) is 0 Å². The standard InChI is InChI=1S/C48H42N2Si/c1-29-25-39-33(31-21-23-45-41(27-31)35-13-7-9-19-43(35)49(45)3)15-11-17-37(39)47(29)51(5,6)48-30(2)26-40-34(16-12-18-38(40)48)32-22-24-46-42(28-32)36-14-8-10-20-44(36)50(46)4/h7-28,47-48H,1-6H3. The third-order valence-corrected chi connectivity index (χ3v) is 17.0. The molecule has 0 bridgehead atoms. The molecule has 0 amide bonds. The van der Waals surface area contributed by atoms with E-state index < -0.39 is 8.07 Å². The minimum Gasteiger partial charge on any atom is -0.344 e. The number of hydrogen-bond acceptors (Lipinski definition) is 0. The summed E-state index contributed by atoms with van der Waals surface area (Å²) in [7, 11) is 2.35. The third-order valence-electron chi connectivity index (χ3n) is 12.5. The van der Waals surface area contributed by atoms with Gasteiger partial charge in [0.15, 0.2) is 0 Å². The number of aryl methyl sites for hydroxylation is 2. The summed E-state index contributed by atoms with van der Waals surface area (Å²) in [6, 6.07) is 45.8. The van der Waals surface area contributed by atoms with Crippen molar-refractivity contribution >= 4 is 63.8 Å². The molecule has 2 aliphatic rings. The van der Waals surface area contributed by atoms with E-state index in [-0.39, 0.29) is 0 Å². The molecule has 2 atom stereocenters. The summed E-state index contributed by atoms with van der Waals surface area (Å²) < 4.78 is 4.64. The predicted molar refractivity (Wildman–Crippen MR) is 222 cm³/mol. The first kappa shape index (κ1) is 30.4. The highest BCUT2D eigenvalue weighted by Crippen LogP contribution is 2.54. The smallest absolute Gasteiger partial charge is 0.0722 e. The van der Waals surface area contributed by atoms with Gasteiger partial charge in [-0.2, -0.15) is 0 Å². The van der Waals surface area contributed by atoms with Crippen molar-refractivity contribution in [3.8, 4) is 22.3 Å². The van der Waals surface area contributed by atoms with Crippen LogP contribution >= 0.6 is 0 Å². The maximum absolute atomic E-state index is 2.64. The Kier molecular flexibility index (Phi) is 6.45. The van der Waals surface area contributed by atoms with Crippen LogP contribution in [0.1, 0.15) is 47.2 Å². The molecule has 0 saturated carbocycles. The summed E-state index contributed by atoms with van der Waals surface area (Å²) in [6.45, 7) is 10.1. The lowest BCUT2D eigenvalue weighted by Crippen LogP contribution is -2.42. The zero-order chi connectivity index (χ0) is 34.8. The second kappa shape index (κ2) is 10.8. The molecule has 2 unspecified atom stereocenters. The van der Waals surface area contributed by atoms with Crippen molar-refractivity contribution in [2.45, 2.75) is 38.0 Å². The predicted octanol–water partition coefficient (Wildman–Crippen LogP) is 12.8. The van der Waals surface area contributed by atoms with Gasteiger partial charge in [-0.3, -0.25) is 0 Å². The van der Waals surface area contributed by atoms with Crippen molar-refractivity contribution in [1.29, 1.82) is 0 Å². The molecular weight excluding hydrogens is 633 g/mol. The van der Waals surface area contributed by atoms with E-state index in [0.717, 1.165) is 0 Å². The Morgan fingerprint density at radius 2 is 0.863 bits per heavy atom. The molecule has 2 aromatic heterocycles. The molecule has 8 aromatic rings.